The van der Waals surface area contributed by atoms with Gasteiger partial charge >= 0.3 is 5.92 Å². The van der Waals surface area contributed by atoms with E-state index in [9.17, 15) is 8.78 Å². The molecule has 0 atom stereocenters. The number of nitrogens with zero attached hydrogens (tertiary/aromatic N) is 5. The van der Waals surface area contributed by atoms with E-state index in [1.54, 1.807) is 0 Å². The fourth-order valence-electron chi connectivity index (χ4n) is 0.679. The molecule has 0 unspecified atom stereocenters. The molecular formula is C6H5F2N5. The Hall–Kier alpha value is -1.75. The summed E-state index contributed by atoms with van der Waals surface area (Å²) in [6.45, 7) is -0.965. The number of azide groups is 1. The van der Waals surface area contributed by atoms with E-state index in [0.717, 1.165) is 0 Å². The van der Waals surface area contributed by atoms with Gasteiger partial charge in [-0.1, -0.05) is 5.11 Å². The maximum absolute atomic E-state index is 13.0. The van der Waals surface area contributed by atoms with E-state index < -0.39 is 18.3 Å². The maximum Gasteiger partial charge on any atom is 0.312 e. The summed E-state index contributed by atoms with van der Waals surface area (Å²) in [7, 11) is 0. The zero-order chi connectivity index (χ0) is 9.73. The Kier molecular flexibility index (Phi) is 2.71. The maximum atomic E-state index is 13.0. The second kappa shape index (κ2) is 3.77. The number of aromatic nitrogens is 2. The molecule has 1 heterocycles. The van der Waals surface area contributed by atoms with Crippen molar-refractivity contribution in [2.75, 3.05) is 6.54 Å². The molecule has 0 aliphatic rings. The van der Waals surface area contributed by atoms with Crippen LogP contribution in [0.15, 0.2) is 23.6 Å². The summed E-state index contributed by atoms with van der Waals surface area (Å²) in [5.74, 6) is -3.93. The molecule has 0 aliphatic carbocycles. The fraction of sp³-hybridized carbons (Fsp3) is 0.333. The Labute approximate surface area is 72.1 Å². The first-order valence-corrected chi connectivity index (χ1v) is 3.33. The van der Waals surface area contributed by atoms with E-state index in [4.69, 9.17) is 5.53 Å². The fourth-order valence-corrected chi connectivity index (χ4v) is 0.679. The summed E-state index contributed by atoms with van der Waals surface area (Å²) >= 11 is 0. The van der Waals surface area contributed by atoms with Crippen LogP contribution in [0.2, 0.25) is 0 Å². The summed E-state index contributed by atoms with van der Waals surface area (Å²) < 4.78 is 25.9. The number of halogens is 2. The SMILES string of the molecule is [N-]=[N+]=NCC(F)(F)c1ncccn1. The van der Waals surface area contributed by atoms with E-state index in [0.29, 0.717) is 0 Å². The minimum atomic E-state index is -3.30. The van der Waals surface area contributed by atoms with Gasteiger partial charge in [0.05, 0.1) is 6.54 Å². The summed E-state index contributed by atoms with van der Waals surface area (Å²) in [5, 5.41) is 2.77. The predicted octanol–water partition coefficient (Wildman–Crippen LogP) is 1.88. The molecule has 0 fully saturated rings. The van der Waals surface area contributed by atoms with Gasteiger partial charge in [-0.05, 0) is 11.6 Å². The highest BCUT2D eigenvalue weighted by Gasteiger charge is 2.33. The molecule has 1 aromatic rings. The van der Waals surface area contributed by atoms with Crippen LogP contribution in [0.5, 0.6) is 0 Å². The van der Waals surface area contributed by atoms with E-state index in [-0.39, 0.29) is 0 Å². The molecular weight excluding hydrogens is 180 g/mol. The lowest BCUT2D eigenvalue weighted by molar-refractivity contribution is -0.00339. The van der Waals surface area contributed by atoms with E-state index in [1.807, 2.05) is 0 Å². The average Bonchev–Trinajstić information content (AvgIpc) is 2.16. The Balaban J connectivity index is 2.87. The van der Waals surface area contributed by atoms with Crippen molar-refractivity contribution >= 4 is 0 Å². The lowest BCUT2D eigenvalue weighted by atomic mass is 10.3. The van der Waals surface area contributed by atoms with Gasteiger partial charge in [-0.15, -0.1) is 0 Å². The second-order valence-electron chi connectivity index (χ2n) is 2.17. The molecule has 0 bridgehead atoms. The molecule has 1 aromatic heterocycles. The van der Waals surface area contributed by atoms with Gasteiger partial charge in [0.15, 0.2) is 5.82 Å². The van der Waals surface area contributed by atoms with E-state index >= 15 is 0 Å². The number of hydrogen-bond acceptors (Lipinski definition) is 3. The molecule has 0 saturated heterocycles. The van der Waals surface area contributed by atoms with Crippen LogP contribution in [0, 0.1) is 0 Å². The van der Waals surface area contributed by atoms with Crippen LogP contribution in [0.4, 0.5) is 8.78 Å². The van der Waals surface area contributed by atoms with Gasteiger partial charge in [-0.3, -0.25) is 0 Å². The largest absolute Gasteiger partial charge is 0.312 e. The van der Waals surface area contributed by atoms with Gasteiger partial charge in [-0.25, -0.2) is 9.97 Å². The third-order valence-corrected chi connectivity index (χ3v) is 1.23. The molecule has 5 nitrogen and oxygen atoms in total. The molecule has 0 spiro atoms. The zero-order valence-electron chi connectivity index (χ0n) is 6.43. The van der Waals surface area contributed by atoms with Crippen LogP contribution >= 0.6 is 0 Å². The van der Waals surface area contributed by atoms with Crippen molar-refractivity contribution in [2.45, 2.75) is 5.92 Å². The first-order valence-electron chi connectivity index (χ1n) is 3.33. The van der Waals surface area contributed by atoms with Crippen molar-refractivity contribution in [1.82, 2.24) is 9.97 Å². The lowest BCUT2D eigenvalue weighted by Crippen LogP contribution is -2.20. The van der Waals surface area contributed by atoms with Gasteiger partial charge in [0.25, 0.3) is 0 Å². The molecule has 7 heteroatoms. The Morgan fingerprint density at radius 2 is 2.08 bits per heavy atom. The van der Waals surface area contributed by atoms with Gasteiger partial charge in [0.1, 0.15) is 0 Å². The van der Waals surface area contributed by atoms with Gasteiger partial charge < -0.3 is 0 Å². The summed E-state index contributed by atoms with van der Waals surface area (Å²) in [5.41, 5.74) is 7.86. The van der Waals surface area contributed by atoms with E-state index in [1.165, 1.54) is 18.5 Å². The van der Waals surface area contributed by atoms with Crippen molar-refractivity contribution in [3.05, 3.63) is 34.7 Å². The zero-order valence-corrected chi connectivity index (χ0v) is 6.43. The second-order valence-corrected chi connectivity index (χ2v) is 2.17. The molecule has 0 aliphatic heterocycles. The van der Waals surface area contributed by atoms with Crippen LogP contribution in [0.25, 0.3) is 10.4 Å². The van der Waals surface area contributed by atoms with Gasteiger partial charge in [-0.2, -0.15) is 8.78 Å². The molecule has 0 radical (unpaired) electrons. The normalized spacial score (nSPS) is 10.6. The molecule has 68 valence electrons. The summed E-state index contributed by atoms with van der Waals surface area (Å²) in [6.07, 6.45) is 2.40. The Morgan fingerprint density at radius 3 is 2.62 bits per heavy atom. The number of hydrogen-bond donors (Lipinski definition) is 0. The topological polar surface area (TPSA) is 74.5 Å². The average molecular weight is 185 g/mol. The quantitative estimate of drug-likeness (QED) is 0.409. The Morgan fingerprint density at radius 1 is 1.46 bits per heavy atom. The molecule has 1 rings (SSSR count). The smallest absolute Gasteiger partial charge is 0.236 e. The molecule has 0 N–H and O–H groups in total. The van der Waals surface area contributed by atoms with Crippen molar-refractivity contribution < 1.29 is 8.78 Å². The highest BCUT2D eigenvalue weighted by Crippen LogP contribution is 2.24. The number of alkyl halides is 2. The van der Waals surface area contributed by atoms with Crippen molar-refractivity contribution in [1.29, 1.82) is 0 Å². The summed E-state index contributed by atoms with van der Waals surface area (Å²) in [6, 6.07) is 1.42. The first kappa shape index (κ1) is 9.34. The predicted molar refractivity (Wildman–Crippen MR) is 39.9 cm³/mol. The van der Waals surface area contributed by atoms with Crippen LogP contribution < -0.4 is 0 Å². The van der Waals surface area contributed by atoms with Gasteiger partial charge in [0.2, 0.25) is 0 Å². The molecule has 0 saturated carbocycles. The third kappa shape index (κ3) is 2.34. The monoisotopic (exact) mass is 185 g/mol. The highest BCUT2D eigenvalue weighted by atomic mass is 19.3. The molecule has 0 amide bonds. The highest BCUT2D eigenvalue weighted by molar-refractivity contribution is 4.97. The standard InChI is InChI=1S/C6H5F2N5/c7-6(8,4-12-13-9)5-10-2-1-3-11-5/h1-3H,4H2. The van der Waals surface area contributed by atoms with Gasteiger partial charge in [0, 0.05) is 17.3 Å². The van der Waals surface area contributed by atoms with Crippen LogP contribution in [0.3, 0.4) is 0 Å². The third-order valence-electron chi connectivity index (χ3n) is 1.23. The van der Waals surface area contributed by atoms with Crippen LogP contribution in [-0.2, 0) is 5.92 Å². The Bertz CT molecular complexity index is 319. The lowest BCUT2D eigenvalue weighted by Gasteiger charge is -2.10. The van der Waals surface area contributed by atoms with E-state index in [2.05, 4.69) is 20.0 Å². The van der Waals surface area contributed by atoms with Crippen LogP contribution in [-0.4, -0.2) is 16.5 Å². The number of rotatable bonds is 3. The minimum absolute atomic E-state index is 0.637. The first-order chi connectivity index (χ1) is 6.17. The van der Waals surface area contributed by atoms with Crippen molar-refractivity contribution in [2.24, 2.45) is 5.11 Å². The van der Waals surface area contributed by atoms with Crippen molar-refractivity contribution in [3.8, 4) is 0 Å². The molecule has 13 heavy (non-hydrogen) atoms. The van der Waals surface area contributed by atoms with Crippen LogP contribution in [0.1, 0.15) is 5.82 Å². The minimum Gasteiger partial charge on any atom is -0.236 e. The molecule has 0 aromatic carbocycles. The van der Waals surface area contributed by atoms with Crippen molar-refractivity contribution in [3.63, 3.8) is 0 Å². The summed E-state index contributed by atoms with van der Waals surface area (Å²) in [4.78, 5) is 8.95.